The van der Waals surface area contributed by atoms with Crippen molar-refractivity contribution in [2.45, 2.75) is 51.9 Å². The highest BCUT2D eigenvalue weighted by atomic mass is 16.6. The Kier molecular flexibility index (Phi) is 5.57. The van der Waals surface area contributed by atoms with Crippen LogP contribution < -0.4 is 5.32 Å². The maximum Gasteiger partial charge on any atom is 0.307 e. The van der Waals surface area contributed by atoms with Gasteiger partial charge in [-0.3, -0.25) is 4.79 Å². The molecule has 0 radical (unpaired) electrons. The van der Waals surface area contributed by atoms with E-state index in [9.17, 15) is 9.90 Å². The molecular weight excluding hydrogens is 246 g/mol. The first kappa shape index (κ1) is 15.7. The predicted octanol–water partition coefficient (Wildman–Crippen LogP) is 2.02. The zero-order valence-corrected chi connectivity index (χ0v) is 12.0. The fraction of sp³-hybridized carbons (Fsp3) is 0.643. The van der Waals surface area contributed by atoms with Crippen molar-refractivity contribution in [3.8, 4) is 0 Å². The molecular formula is C14H23NO4. The summed E-state index contributed by atoms with van der Waals surface area (Å²) in [5, 5.41) is 12.9. The smallest absolute Gasteiger partial charge is 0.307 e. The summed E-state index contributed by atoms with van der Waals surface area (Å²) in [6.45, 7) is 7.72. The van der Waals surface area contributed by atoms with E-state index in [1.165, 1.54) is 6.26 Å². The van der Waals surface area contributed by atoms with E-state index >= 15 is 0 Å². The molecule has 1 aromatic rings. The van der Waals surface area contributed by atoms with Crippen molar-refractivity contribution in [1.82, 2.24) is 5.32 Å². The summed E-state index contributed by atoms with van der Waals surface area (Å²) in [6.07, 6.45) is 1.07. The Bertz CT molecular complexity index is 381. The van der Waals surface area contributed by atoms with Crippen LogP contribution in [0, 0.1) is 0 Å². The van der Waals surface area contributed by atoms with Crippen LogP contribution in [-0.2, 0) is 9.53 Å². The lowest BCUT2D eigenvalue weighted by Crippen LogP contribution is -2.34. The Morgan fingerprint density at radius 1 is 1.53 bits per heavy atom. The molecule has 0 aliphatic heterocycles. The molecule has 108 valence electrons. The molecule has 1 rings (SSSR count). The normalized spacial score (nSPS) is 15.0. The number of furan rings is 1. The Labute approximate surface area is 113 Å². The number of hydrogen-bond acceptors (Lipinski definition) is 5. The highest BCUT2D eigenvalue weighted by Gasteiger charge is 2.19. The molecule has 0 amide bonds. The van der Waals surface area contributed by atoms with Crippen molar-refractivity contribution in [2.24, 2.45) is 0 Å². The number of rotatable bonds is 6. The summed E-state index contributed by atoms with van der Waals surface area (Å²) in [6, 6.07) is 3.37. The monoisotopic (exact) mass is 269 g/mol. The second-order valence-electron chi connectivity index (χ2n) is 5.63. The zero-order valence-electron chi connectivity index (χ0n) is 12.0. The van der Waals surface area contributed by atoms with Gasteiger partial charge in [0.2, 0.25) is 0 Å². The molecule has 5 nitrogen and oxygen atoms in total. The van der Waals surface area contributed by atoms with Gasteiger partial charge < -0.3 is 19.6 Å². The van der Waals surface area contributed by atoms with Gasteiger partial charge in [0, 0.05) is 12.6 Å². The number of aliphatic hydroxyl groups excluding tert-OH is 1. The number of ether oxygens (including phenoxy) is 1. The molecule has 0 fully saturated rings. The second kappa shape index (κ2) is 6.73. The summed E-state index contributed by atoms with van der Waals surface area (Å²) >= 11 is 0. The standard InChI is InChI=1S/C14H23NO4/c1-10(8-13(17)19-14(2,3)4)15-9-11(16)12-6-5-7-18-12/h5-7,10-11,15-16H,8-9H2,1-4H3. The van der Waals surface area contributed by atoms with Crippen LogP contribution in [0.2, 0.25) is 0 Å². The van der Waals surface area contributed by atoms with E-state index in [2.05, 4.69) is 5.32 Å². The number of aliphatic hydroxyl groups is 1. The summed E-state index contributed by atoms with van der Waals surface area (Å²) in [5.74, 6) is 0.261. The summed E-state index contributed by atoms with van der Waals surface area (Å²) in [7, 11) is 0. The Morgan fingerprint density at radius 2 is 2.21 bits per heavy atom. The summed E-state index contributed by atoms with van der Waals surface area (Å²) < 4.78 is 10.3. The number of carbonyl (C=O) groups excluding carboxylic acids is 1. The largest absolute Gasteiger partial charge is 0.467 e. The molecule has 0 aliphatic rings. The van der Waals surface area contributed by atoms with E-state index < -0.39 is 11.7 Å². The third kappa shape index (κ3) is 6.40. The van der Waals surface area contributed by atoms with Gasteiger partial charge in [0.1, 0.15) is 17.5 Å². The average Bonchev–Trinajstić information content (AvgIpc) is 2.76. The van der Waals surface area contributed by atoms with Crippen LogP contribution in [0.4, 0.5) is 0 Å². The molecule has 0 bridgehead atoms. The lowest BCUT2D eigenvalue weighted by Gasteiger charge is -2.21. The molecule has 19 heavy (non-hydrogen) atoms. The molecule has 0 saturated heterocycles. The summed E-state index contributed by atoms with van der Waals surface area (Å²) in [5.41, 5.74) is -0.468. The van der Waals surface area contributed by atoms with E-state index in [0.717, 1.165) is 0 Å². The van der Waals surface area contributed by atoms with E-state index in [-0.39, 0.29) is 18.4 Å². The lowest BCUT2D eigenvalue weighted by molar-refractivity contribution is -0.155. The molecule has 0 spiro atoms. The first-order valence-electron chi connectivity index (χ1n) is 6.44. The molecule has 0 aromatic carbocycles. The van der Waals surface area contributed by atoms with Crippen LogP contribution >= 0.6 is 0 Å². The van der Waals surface area contributed by atoms with Crippen molar-refractivity contribution in [3.05, 3.63) is 24.2 Å². The molecule has 0 saturated carbocycles. The van der Waals surface area contributed by atoms with Crippen molar-refractivity contribution in [3.63, 3.8) is 0 Å². The van der Waals surface area contributed by atoms with Gasteiger partial charge in [0.15, 0.2) is 0 Å². The third-order valence-electron chi connectivity index (χ3n) is 2.42. The molecule has 2 N–H and O–H groups in total. The van der Waals surface area contributed by atoms with Gasteiger partial charge in [0.05, 0.1) is 12.7 Å². The van der Waals surface area contributed by atoms with Crippen molar-refractivity contribution >= 4 is 5.97 Å². The topological polar surface area (TPSA) is 71.7 Å². The molecule has 0 aliphatic carbocycles. The average molecular weight is 269 g/mol. The molecule has 1 aromatic heterocycles. The van der Waals surface area contributed by atoms with Gasteiger partial charge in [-0.05, 0) is 39.8 Å². The Balaban J connectivity index is 2.28. The zero-order chi connectivity index (χ0) is 14.5. The fourth-order valence-corrected chi connectivity index (χ4v) is 1.60. The highest BCUT2D eigenvalue weighted by Crippen LogP contribution is 2.13. The first-order valence-corrected chi connectivity index (χ1v) is 6.44. The second-order valence-corrected chi connectivity index (χ2v) is 5.63. The van der Waals surface area contributed by atoms with Gasteiger partial charge >= 0.3 is 5.97 Å². The van der Waals surface area contributed by atoms with Crippen LogP contribution in [0.5, 0.6) is 0 Å². The predicted molar refractivity (Wildman–Crippen MR) is 71.6 cm³/mol. The maximum absolute atomic E-state index is 11.6. The molecule has 1 heterocycles. The van der Waals surface area contributed by atoms with E-state index in [0.29, 0.717) is 12.3 Å². The lowest BCUT2D eigenvalue weighted by atomic mass is 10.1. The number of carbonyl (C=O) groups is 1. The van der Waals surface area contributed by atoms with Crippen molar-refractivity contribution in [2.75, 3.05) is 6.54 Å². The van der Waals surface area contributed by atoms with Crippen LogP contribution in [-0.4, -0.2) is 29.3 Å². The highest BCUT2D eigenvalue weighted by molar-refractivity contribution is 5.70. The molecule has 2 atom stereocenters. The number of esters is 1. The maximum atomic E-state index is 11.6. The van der Waals surface area contributed by atoms with Crippen LogP contribution in [0.25, 0.3) is 0 Å². The van der Waals surface area contributed by atoms with Crippen molar-refractivity contribution < 1.29 is 19.1 Å². The fourth-order valence-electron chi connectivity index (χ4n) is 1.60. The minimum absolute atomic E-state index is 0.0699. The van der Waals surface area contributed by atoms with Gasteiger partial charge in [-0.25, -0.2) is 0 Å². The summed E-state index contributed by atoms with van der Waals surface area (Å²) in [4.78, 5) is 11.6. The minimum atomic E-state index is -0.712. The molecule has 2 unspecified atom stereocenters. The van der Waals surface area contributed by atoms with E-state index in [4.69, 9.17) is 9.15 Å². The first-order chi connectivity index (χ1) is 8.78. The van der Waals surface area contributed by atoms with E-state index in [1.54, 1.807) is 12.1 Å². The van der Waals surface area contributed by atoms with Crippen LogP contribution in [0.3, 0.4) is 0 Å². The number of hydrogen-bond donors (Lipinski definition) is 2. The number of nitrogens with one attached hydrogen (secondary N) is 1. The van der Waals surface area contributed by atoms with Crippen molar-refractivity contribution in [1.29, 1.82) is 0 Å². The van der Waals surface area contributed by atoms with Gasteiger partial charge in [0.25, 0.3) is 0 Å². The third-order valence-corrected chi connectivity index (χ3v) is 2.42. The van der Waals surface area contributed by atoms with Gasteiger partial charge in [-0.2, -0.15) is 0 Å². The quantitative estimate of drug-likeness (QED) is 0.773. The van der Waals surface area contributed by atoms with Gasteiger partial charge in [-0.15, -0.1) is 0 Å². The van der Waals surface area contributed by atoms with Crippen LogP contribution in [0.15, 0.2) is 22.8 Å². The minimum Gasteiger partial charge on any atom is -0.467 e. The van der Waals surface area contributed by atoms with Gasteiger partial charge in [-0.1, -0.05) is 0 Å². The SMILES string of the molecule is CC(CC(=O)OC(C)(C)C)NCC(O)c1ccco1. The van der Waals surface area contributed by atoms with Crippen LogP contribution in [0.1, 0.15) is 46.0 Å². The molecule has 5 heteroatoms. The Hall–Kier alpha value is -1.33. The van der Waals surface area contributed by atoms with E-state index in [1.807, 2.05) is 27.7 Å². The Morgan fingerprint density at radius 3 is 2.74 bits per heavy atom.